The summed E-state index contributed by atoms with van der Waals surface area (Å²) < 4.78 is 0. The van der Waals surface area contributed by atoms with Crippen LogP contribution in [0.5, 0.6) is 0 Å². The van der Waals surface area contributed by atoms with Gasteiger partial charge in [-0.1, -0.05) is 27.7 Å². The SMILES string of the molecule is CONC(C)(C)CC(C)(C)NC(=O)C(C)(C)CC(C)(C)C(C)=O. The molecule has 0 aliphatic carbocycles. The van der Waals surface area contributed by atoms with Crippen molar-refractivity contribution in [3.05, 3.63) is 0 Å². The second-order valence-corrected chi connectivity index (χ2v) is 9.21. The molecule has 0 radical (unpaired) electrons. The van der Waals surface area contributed by atoms with Crippen molar-refractivity contribution in [3.8, 4) is 0 Å². The van der Waals surface area contributed by atoms with Crippen molar-refractivity contribution < 1.29 is 14.4 Å². The molecule has 136 valence electrons. The molecule has 0 aliphatic heterocycles. The monoisotopic (exact) mass is 328 g/mol. The quantitative estimate of drug-likeness (QED) is 0.638. The number of Topliss-reactive ketones (excluding diaryl/α,β-unsaturated/α-hetero) is 1. The molecule has 0 aliphatic rings. The molecule has 0 fully saturated rings. The summed E-state index contributed by atoms with van der Waals surface area (Å²) in [6, 6.07) is 0. The van der Waals surface area contributed by atoms with Crippen molar-refractivity contribution in [2.75, 3.05) is 7.11 Å². The molecule has 2 N–H and O–H groups in total. The normalized spacial score (nSPS) is 13.8. The highest BCUT2D eigenvalue weighted by Crippen LogP contribution is 2.35. The van der Waals surface area contributed by atoms with Crippen molar-refractivity contribution in [1.29, 1.82) is 0 Å². The first kappa shape index (κ1) is 22.1. The molecular weight excluding hydrogens is 292 g/mol. The van der Waals surface area contributed by atoms with Gasteiger partial charge >= 0.3 is 0 Å². The molecule has 5 nitrogen and oxygen atoms in total. The fourth-order valence-corrected chi connectivity index (χ4v) is 3.25. The van der Waals surface area contributed by atoms with Gasteiger partial charge in [0.1, 0.15) is 5.78 Å². The molecule has 0 unspecified atom stereocenters. The Morgan fingerprint density at radius 2 is 1.30 bits per heavy atom. The highest BCUT2D eigenvalue weighted by Gasteiger charge is 2.39. The van der Waals surface area contributed by atoms with E-state index in [4.69, 9.17) is 4.84 Å². The van der Waals surface area contributed by atoms with Crippen LogP contribution in [0.4, 0.5) is 0 Å². The zero-order chi connectivity index (χ0) is 18.7. The summed E-state index contributed by atoms with van der Waals surface area (Å²) in [6.07, 6.45) is 1.21. The number of ketones is 1. The Balaban J connectivity index is 4.99. The predicted molar refractivity (Wildman–Crippen MR) is 93.9 cm³/mol. The Hall–Kier alpha value is -0.940. The maximum atomic E-state index is 12.8. The van der Waals surface area contributed by atoms with E-state index in [0.29, 0.717) is 12.8 Å². The van der Waals surface area contributed by atoms with Gasteiger partial charge in [0, 0.05) is 21.9 Å². The van der Waals surface area contributed by atoms with Crippen LogP contribution < -0.4 is 10.8 Å². The van der Waals surface area contributed by atoms with Gasteiger partial charge in [-0.15, -0.1) is 0 Å². The Bertz CT molecular complexity index is 438. The maximum Gasteiger partial charge on any atom is 0.226 e. The smallest absolute Gasteiger partial charge is 0.226 e. The molecule has 0 saturated heterocycles. The van der Waals surface area contributed by atoms with Gasteiger partial charge in [-0.3, -0.25) is 9.59 Å². The highest BCUT2D eigenvalue weighted by atomic mass is 16.6. The topological polar surface area (TPSA) is 67.4 Å². The standard InChI is InChI=1S/C18H36N2O3/c1-13(21)15(2,3)11-16(4,5)14(22)19-17(6,7)12-18(8,9)20-23-10/h20H,11-12H2,1-10H3,(H,19,22). The molecule has 0 aromatic heterocycles. The molecule has 0 atom stereocenters. The van der Waals surface area contributed by atoms with Crippen LogP contribution in [0, 0.1) is 10.8 Å². The number of amides is 1. The lowest BCUT2D eigenvalue weighted by atomic mass is 9.72. The summed E-state index contributed by atoms with van der Waals surface area (Å²) in [5, 5.41) is 3.13. The minimum absolute atomic E-state index is 0.0370. The first-order chi connectivity index (χ1) is 10.0. The van der Waals surface area contributed by atoms with E-state index >= 15 is 0 Å². The fraction of sp³-hybridized carbons (Fsp3) is 0.889. The van der Waals surface area contributed by atoms with E-state index in [1.807, 2.05) is 55.4 Å². The van der Waals surface area contributed by atoms with Gasteiger partial charge in [0.05, 0.1) is 7.11 Å². The molecule has 0 rings (SSSR count). The third-order valence-electron chi connectivity index (χ3n) is 4.17. The first-order valence-electron chi connectivity index (χ1n) is 8.18. The summed E-state index contributed by atoms with van der Waals surface area (Å²) in [6.45, 7) is 17.2. The number of rotatable bonds is 9. The molecular formula is C18H36N2O3. The van der Waals surface area contributed by atoms with Gasteiger partial charge in [-0.2, -0.15) is 5.48 Å². The second-order valence-electron chi connectivity index (χ2n) is 9.21. The molecule has 0 heterocycles. The van der Waals surface area contributed by atoms with Gasteiger partial charge in [0.2, 0.25) is 5.91 Å². The number of carbonyl (C=O) groups excluding carboxylic acids is 2. The molecule has 1 amide bonds. The van der Waals surface area contributed by atoms with Crippen molar-refractivity contribution in [3.63, 3.8) is 0 Å². The third-order valence-corrected chi connectivity index (χ3v) is 4.17. The van der Waals surface area contributed by atoms with Crippen LogP contribution in [0.3, 0.4) is 0 Å². The van der Waals surface area contributed by atoms with E-state index in [9.17, 15) is 9.59 Å². The van der Waals surface area contributed by atoms with Gasteiger partial charge in [-0.05, 0) is 47.5 Å². The van der Waals surface area contributed by atoms with E-state index in [-0.39, 0.29) is 17.2 Å². The van der Waals surface area contributed by atoms with Gasteiger partial charge in [0.15, 0.2) is 0 Å². The number of hydroxylamine groups is 1. The van der Waals surface area contributed by atoms with Crippen molar-refractivity contribution in [2.24, 2.45) is 10.8 Å². The lowest BCUT2D eigenvalue weighted by Gasteiger charge is -2.39. The minimum atomic E-state index is -0.620. The number of hydrogen-bond donors (Lipinski definition) is 2. The van der Waals surface area contributed by atoms with Crippen LogP contribution in [0.25, 0.3) is 0 Å². The molecule has 0 saturated carbocycles. The zero-order valence-corrected chi connectivity index (χ0v) is 16.6. The minimum Gasteiger partial charge on any atom is -0.351 e. The predicted octanol–water partition coefficient (Wildman–Crippen LogP) is 3.23. The van der Waals surface area contributed by atoms with Crippen LogP contribution in [-0.2, 0) is 14.4 Å². The van der Waals surface area contributed by atoms with E-state index in [2.05, 4.69) is 10.8 Å². The third kappa shape index (κ3) is 7.44. The van der Waals surface area contributed by atoms with E-state index in [1.165, 1.54) is 0 Å². The summed E-state index contributed by atoms with van der Waals surface area (Å²) >= 11 is 0. The highest BCUT2D eigenvalue weighted by molar-refractivity contribution is 5.85. The van der Waals surface area contributed by atoms with Crippen LogP contribution in [-0.4, -0.2) is 29.9 Å². The second kappa shape index (κ2) is 7.31. The average Bonchev–Trinajstić information content (AvgIpc) is 2.24. The van der Waals surface area contributed by atoms with Crippen LogP contribution in [0.15, 0.2) is 0 Å². The van der Waals surface area contributed by atoms with Gasteiger partial charge in [0.25, 0.3) is 0 Å². The fourth-order valence-electron chi connectivity index (χ4n) is 3.25. The molecule has 0 bridgehead atoms. The number of carbonyl (C=O) groups is 2. The number of hydrogen-bond acceptors (Lipinski definition) is 4. The van der Waals surface area contributed by atoms with Crippen molar-refractivity contribution in [1.82, 2.24) is 10.8 Å². The van der Waals surface area contributed by atoms with Crippen molar-refractivity contribution >= 4 is 11.7 Å². The van der Waals surface area contributed by atoms with Gasteiger partial charge in [-0.25, -0.2) is 0 Å². The summed E-state index contributed by atoms with van der Waals surface area (Å²) in [4.78, 5) is 29.5. The number of nitrogens with one attached hydrogen (secondary N) is 2. The maximum absolute atomic E-state index is 12.8. The molecule has 0 aromatic carbocycles. The Morgan fingerprint density at radius 3 is 1.70 bits per heavy atom. The Morgan fingerprint density at radius 1 is 0.826 bits per heavy atom. The lowest BCUT2D eigenvalue weighted by Crippen LogP contribution is -2.55. The van der Waals surface area contributed by atoms with Crippen LogP contribution in [0.1, 0.15) is 75.2 Å². The largest absolute Gasteiger partial charge is 0.351 e. The molecule has 0 spiro atoms. The molecule has 23 heavy (non-hydrogen) atoms. The van der Waals surface area contributed by atoms with Crippen LogP contribution in [0.2, 0.25) is 0 Å². The lowest BCUT2D eigenvalue weighted by molar-refractivity contribution is -0.135. The average molecular weight is 328 g/mol. The molecule has 0 aromatic rings. The molecule has 5 heteroatoms. The Labute approximate surface area is 141 Å². The van der Waals surface area contributed by atoms with Crippen LogP contribution >= 0.6 is 0 Å². The van der Waals surface area contributed by atoms with E-state index in [1.54, 1.807) is 14.0 Å². The first-order valence-corrected chi connectivity index (χ1v) is 8.18. The van der Waals surface area contributed by atoms with Crippen molar-refractivity contribution in [2.45, 2.75) is 86.2 Å². The summed E-state index contributed by atoms with van der Waals surface area (Å²) in [5.74, 6) is 0.0631. The van der Waals surface area contributed by atoms with Gasteiger partial charge < -0.3 is 10.2 Å². The van der Waals surface area contributed by atoms with E-state index < -0.39 is 16.4 Å². The zero-order valence-electron chi connectivity index (χ0n) is 16.6. The summed E-state index contributed by atoms with van der Waals surface area (Å²) in [5.41, 5.74) is 1.15. The summed E-state index contributed by atoms with van der Waals surface area (Å²) in [7, 11) is 1.58. The Kier molecular flexibility index (Phi) is 7.01. The van der Waals surface area contributed by atoms with E-state index in [0.717, 1.165) is 0 Å².